The topological polar surface area (TPSA) is 32.3 Å². The molecule has 15 heavy (non-hydrogen) atoms. The lowest BCUT2D eigenvalue weighted by Gasteiger charge is -2.28. The molecule has 0 saturated carbocycles. The monoisotopic (exact) mass is 205 g/mol. The number of piperidine rings is 1. The van der Waals surface area contributed by atoms with Gasteiger partial charge in [-0.2, -0.15) is 0 Å². The Labute approximate surface area is 91.3 Å². The zero-order valence-electron chi connectivity index (χ0n) is 9.24. The highest BCUT2D eigenvalue weighted by Crippen LogP contribution is 2.30. The predicted octanol–water partition coefficient (Wildman–Crippen LogP) is 2.03. The minimum atomic E-state index is -0.284. The number of hydrogen-bond acceptors (Lipinski definition) is 2. The first-order valence-corrected chi connectivity index (χ1v) is 5.73. The number of aliphatic hydroxyl groups is 1. The van der Waals surface area contributed by atoms with E-state index in [2.05, 4.69) is 18.3 Å². The third-order valence-corrected chi connectivity index (χ3v) is 3.34. The molecule has 1 atom stereocenters. The van der Waals surface area contributed by atoms with Gasteiger partial charge in [0.25, 0.3) is 0 Å². The molecule has 0 bridgehead atoms. The normalized spacial score (nSPS) is 20.1. The fourth-order valence-corrected chi connectivity index (χ4v) is 2.33. The summed E-state index contributed by atoms with van der Waals surface area (Å²) >= 11 is 0. The van der Waals surface area contributed by atoms with Crippen LogP contribution in [0.2, 0.25) is 0 Å². The molecule has 0 radical (unpaired) electrons. The first kappa shape index (κ1) is 10.7. The van der Waals surface area contributed by atoms with E-state index in [1.54, 1.807) is 0 Å². The summed E-state index contributed by atoms with van der Waals surface area (Å²) in [5, 5.41) is 13.6. The number of rotatable bonds is 2. The second kappa shape index (κ2) is 4.77. The molecule has 0 aliphatic carbocycles. The third-order valence-electron chi connectivity index (χ3n) is 3.34. The predicted molar refractivity (Wildman–Crippen MR) is 61.7 cm³/mol. The van der Waals surface area contributed by atoms with Crippen LogP contribution in [-0.4, -0.2) is 18.2 Å². The largest absolute Gasteiger partial charge is 0.388 e. The zero-order chi connectivity index (χ0) is 10.7. The zero-order valence-corrected chi connectivity index (χ0v) is 9.24. The highest BCUT2D eigenvalue weighted by atomic mass is 16.3. The Balaban J connectivity index is 2.12. The molecule has 1 aliphatic heterocycles. The maximum atomic E-state index is 10.3. The lowest BCUT2D eigenvalue weighted by Crippen LogP contribution is -2.31. The molecule has 0 unspecified atom stereocenters. The molecule has 0 spiro atoms. The highest BCUT2D eigenvalue weighted by Gasteiger charge is 2.23. The van der Waals surface area contributed by atoms with Crippen molar-refractivity contribution in [3.63, 3.8) is 0 Å². The number of nitrogens with one attached hydrogen (secondary N) is 1. The van der Waals surface area contributed by atoms with E-state index in [1.165, 1.54) is 5.56 Å². The second-order valence-corrected chi connectivity index (χ2v) is 4.39. The number of hydrogen-bond donors (Lipinski definition) is 2. The average Bonchev–Trinajstić information content (AvgIpc) is 2.30. The van der Waals surface area contributed by atoms with Crippen LogP contribution < -0.4 is 5.32 Å². The van der Waals surface area contributed by atoms with E-state index in [9.17, 15) is 5.11 Å². The van der Waals surface area contributed by atoms with Gasteiger partial charge in [0.1, 0.15) is 0 Å². The van der Waals surface area contributed by atoms with Crippen LogP contribution in [0.5, 0.6) is 0 Å². The van der Waals surface area contributed by atoms with Gasteiger partial charge in [-0.3, -0.25) is 0 Å². The quantitative estimate of drug-likeness (QED) is 0.774. The molecule has 0 amide bonds. The van der Waals surface area contributed by atoms with Gasteiger partial charge in [0, 0.05) is 0 Å². The molecule has 2 rings (SSSR count). The van der Waals surface area contributed by atoms with Gasteiger partial charge in [0.05, 0.1) is 6.10 Å². The first-order valence-electron chi connectivity index (χ1n) is 5.73. The van der Waals surface area contributed by atoms with Gasteiger partial charge in [-0.05, 0) is 49.9 Å². The Hall–Kier alpha value is -0.860. The van der Waals surface area contributed by atoms with Crippen LogP contribution in [0.4, 0.5) is 0 Å². The lowest BCUT2D eigenvalue weighted by molar-refractivity contribution is 0.0884. The average molecular weight is 205 g/mol. The molecule has 1 saturated heterocycles. The van der Waals surface area contributed by atoms with Crippen LogP contribution in [0.15, 0.2) is 24.3 Å². The summed E-state index contributed by atoms with van der Waals surface area (Å²) in [5.74, 6) is 0.423. The van der Waals surface area contributed by atoms with Crippen LogP contribution in [0.3, 0.4) is 0 Å². The van der Waals surface area contributed by atoms with E-state index in [1.807, 2.05) is 18.2 Å². The Morgan fingerprint density at radius 1 is 1.27 bits per heavy atom. The molecule has 2 nitrogen and oxygen atoms in total. The summed E-state index contributed by atoms with van der Waals surface area (Å²) in [6.45, 7) is 4.14. The van der Waals surface area contributed by atoms with Crippen molar-refractivity contribution < 1.29 is 5.11 Å². The summed E-state index contributed by atoms with van der Waals surface area (Å²) in [5.41, 5.74) is 2.30. The maximum absolute atomic E-state index is 10.3. The summed E-state index contributed by atoms with van der Waals surface area (Å²) in [6, 6.07) is 8.14. The van der Waals surface area contributed by atoms with Crippen molar-refractivity contribution in [2.45, 2.75) is 25.9 Å². The van der Waals surface area contributed by atoms with Gasteiger partial charge in [0.2, 0.25) is 0 Å². The van der Waals surface area contributed by atoms with E-state index in [0.29, 0.717) is 5.92 Å². The number of aliphatic hydroxyl groups excluding tert-OH is 1. The summed E-state index contributed by atoms with van der Waals surface area (Å²) in [7, 11) is 0. The van der Waals surface area contributed by atoms with Crippen LogP contribution in [-0.2, 0) is 0 Å². The van der Waals surface area contributed by atoms with Gasteiger partial charge in [-0.1, -0.05) is 24.3 Å². The summed E-state index contributed by atoms with van der Waals surface area (Å²) in [4.78, 5) is 0. The Morgan fingerprint density at radius 3 is 2.60 bits per heavy atom. The van der Waals surface area contributed by atoms with Crippen LogP contribution in [0.1, 0.15) is 30.1 Å². The fraction of sp³-hybridized carbons (Fsp3) is 0.538. The van der Waals surface area contributed by atoms with Crippen molar-refractivity contribution in [3.8, 4) is 0 Å². The van der Waals surface area contributed by atoms with E-state index >= 15 is 0 Å². The van der Waals surface area contributed by atoms with E-state index in [4.69, 9.17) is 0 Å². The SMILES string of the molecule is Cc1ccccc1[C@H](O)C1CCNCC1. The van der Waals surface area contributed by atoms with Crippen molar-refractivity contribution >= 4 is 0 Å². The molecule has 2 N–H and O–H groups in total. The summed E-state index contributed by atoms with van der Waals surface area (Å²) < 4.78 is 0. The number of benzene rings is 1. The van der Waals surface area contributed by atoms with E-state index < -0.39 is 0 Å². The van der Waals surface area contributed by atoms with Gasteiger partial charge < -0.3 is 10.4 Å². The third kappa shape index (κ3) is 2.39. The molecule has 1 aromatic rings. The number of aryl methyl sites for hydroxylation is 1. The van der Waals surface area contributed by atoms with Gasteiger partial charge >= 0.3 is 0 Å². The molecule has 0 aromatic heterocycles. The van der Waals surface area contributed by atoms with Crippen molar-refractivity contribution in [1.82, 2.24) is 5.32 Å². The minimum Gasteiger partial charge on any atom is -0.388 e. The Kier molecular flexibility index (Phi) is 3.39. The smallest absolute Gasteiger partial charge is 0.0821 e. The summed E-state index contributed by atoms with van der Waals surface area (Å²) in [6.07, 6.45) is 1.87. The lowest BCUT2D eigenvalue weighted by atomic mass is 9.86. The second-order valence-electron chi connectivity index (χ2n) is 4.39. The standard InChI is InChI=1S/C13H19NO/c1-10-4-2-3-5-12(10)13(15)11-6-8-14-9-7-11/h2-5,11,13-15H,6-9H2,1H3/t13-/m1/s1. The van der Waals surface area contributed by atoms with Crippen molar-refractivity contribution in [2.75, 3.05) is 13.1 Å². The molecule has 1 aromatic carbocycles. The molecular weight excluding hydrogens is 186 g/mol. The first-order chi connectivity index (χ1) is 7.29. The molecular formula is C13H19NO. The molecule has 1 aliphatic rings. The molecule has 82 valence electrons. The Morgan fingerprint density at radius 2 is 1.93 bits per heavy atom. The van der Waals surface area contributed by atoms with Crippen molar-refractivity contribution in [3.05, 3.63) is 35.4 Å². The van der Waals surface area contributed by atoms with E-state index in [0.717, 1.165) is 31.5 Å². The molecule has 1 fully saturated rings. The van der Waals surface area contributed by atoms with Gasteiger partial charge in [-0.15, -0.1) is 0 Å². The van der Waals surface area contributed by atoms with Crippen LogP contribution in [0.25, 0.3) is 0 Å². The van der Waals surface area contributed by atoms with Crippen molar-refractivity contribution in [2.24, 2.45) is 5.92 Å². The van der Waals surface area contributed by atoms with Crippen LogP contribution in [0, 0.1) is 12.8 Å². The van der Waals surface area contributed by atoms with Gasteiger partial charge in [-0.25, -0.2) is 0 Å². The fourth-order valence-electron chi connectivity index (χ4n) is 2.33. The van der Waals surface area contributed by atoms with Crippen LogP contribution >= 0.6 is 0 Å². The van der Waals surface area contributed by atoms with Crippen molar-refractivity contribution in [1.29, 1.82) is 0 Å². The molecule has 1 heterocycles. The minimum absolute atomic E-state index is 0.284. The maximum Gasteiger partial charge on any atom is 0.0821 e. The van der Waals surface area contributed by atoms with Gasteiger partial charge in [0.15, 0.2) is 0 Å². The molecule has 2 heteroatoms. The van der Waals surface area contributed by atoms with E-state index in [-0.39, 0.29) is 6.10 Å². The Bertz CT molecular complexity index is 318. The highest BCUT2D eigenvalue weighted by molar-refractivity contribution is 5.28.